The molecule has 12 heavy (non-hydrogen) atoms. The molecule has 1 aliphatic rings. The van der Waals surface area contributed by atoms with Gasteiger partial charge in [-0.1, -0.05) is 6.92 Å². The molecule has 3 nitrogen and oxygen atoms in total. The Balaban J connectivity index is 2.09. The van der Waals surface area contributed by atoms with Gasteiger partial charge in [0.15, 0.2) is 0 Å². The molecule has 1 fully saturated rings. The SMILES string of the molecule is CC1CC(c2cnc(N)nc2)C1. The van der Waals surface area contributed by atoms with E-state index < -0.39 is 0 Å². The molecule has 0 aromatic carbocycles. The van der Waals surface area contributed by atoms with Gasteiger partial charge in [0, 0.05) is 12.4 Å². The van der Waals surface area contributed by atoms with E-state index in [2.05, 4.69) is 16.9 Å². The zero-order chi connectivity index (χ0) is 8.55. The van der Waals surface area contributed by atoms with Gasteiger partial charge in [0.1, 0.15) is 0 Å². The highest BCUT2D eigenvalue weighted by atomic mass is 15.0. The molecular formula is C9H13N3. The molecule has 2 rings (SSSR count). The van der Waals surface area contributed by atoms with E-state index in [-0.39, 0.29) is 0 Å². The van der Waals surface area contributed by atoms with Gasteiger partial charge in [0.05, 0.1) is 0 Å². The van der Waals surface area contributed by atoms with Crippen LogP contribution in [0.4, 0.5) is 5.95 Å². The summed E-state index contributed by atoms with van der Waals surface area (Å²) in [7, 11) is 0. The van der Waals surface area contributed by atoms with E-state index in [1.807, 2.05) is 12.4 Å². The molecule has 1 saturated carbocycles. The average molecular weight is 163 g/mol. The maximum Gasteiger partial charge on any atom is 0.219 e. The lowest BCUT2D eigenvalue weighted by Gasteiger charge is -2.32. The van der Waals surface area contributed by atoms with Crippen LogP contribution < -0.4 is 5.73 Å². The third kappa shape index (κ3) is 1.26. The molecule has 1 aliphatic carbocycles. The van der Waals surface area contributed by atoms with Crippen molar-refractivity contribution in [1.29, 1.82) is 0 Å². The average Bonchev–Trinajstić information content (AvgIpc) is 2.01. The fourth-order valence-electron chi connectivity index (χ4n) is 1.73. The zero-order valence-corrected chi connectivity index (χ0v) is 7.20. The zero-order valence-electron chi connectivity index (χ0n) is 7.20. The van der Waals surface area contributed by atoms with Crippen LogP contribution in [0.3, 0.4) is 0 Å². The van der Waals surface area contributed by atoms with Gasteiger partial charge in [0.25, 0.3) is 0 Å². The molecule has 0 amide bonds. The number of rotatable bonds is 1. The van der Waals surface area contributed by atoms with Crippen LogP contribution >= 0.6 is 0 Å². The third-order valence-corrected chi connectivity index (χ3v) is 2.54. The second kappa shape index (κ2) is 2.73. The second-order valence-corrected chi connectivity index (χ2v) is 3.65. The number of nitrogens with zero attached hydrogens (tertiary/aromatic N) is 2. The summed E-state index contributed by atoms with van der Waals surface area (Å²) in [4.78, 5) is 7.95. The summed E-state index contributed by atoms with van der Waals surface area (Å²) in [6, 6.07) is 0. The van der Waals surface area contributed by atoms with Crippen LogP contribution in [-0.4, -0.2) is 9.97 Å². The number of hydrogen-bond acceptors (Lipinski definition) is 3. The van der Waals surface area contributed by atoms with Crippen LogP contribution in [0.5, 0.6) is 0 Å². The Hall–Kier alpha value is -1.12. The lowest BCUT2D eigenvalue weighted by molar-refractivity contribution is 0.287. The predicted octanol–water partition coefficient (Wildman–Crippen LogP) is 1.57. The van der Waals surface area contributed by atoms with Gasteiger partial charge in [0.2, 0.25) is 5.95 Å². The topological polar surface area (TPSA) is 51.8 Å². The lowest BCUT2D eigenvalue weighted by Crippen LogP contribution is -2.19. The lowest BCUT2D eigenvalue weighted by atomic mass is 9.73. The van der Waals surface area contributed by atoms with E-state index in [4.69, 9.17) is 5.73 Å². The highest BCUT2D eigenvalue weighted by molar-refractivity contribution is 5.21. The monoisotopic (exact) mass is 163 g/mol. The molecule has 0 spiro atoms. The maximum absolute atomic E-state index is 5.39. The quantitative estimate of drug-likeness (QED) is 0.683. The molecule has 64 valence electrons. The van der Waals surface area contributed by atoms with E-state index in [0.29, 0.717) is 11.9 Å². The van der Waals surface area contributed by atoms with Crippen LogP contribution in [0.2, 0.25) is 0 Å². The van der Waals surface area contributed by atoms with Crippen molar-refractivity contribution in [2.45, 2.75) is 25.7 Å². The van der Waals surface area contributed by atoms with E-state index in [1.54, 1.807) is 0 Å². The van der Waals surface area contributed by atoms with Gasteiger partial charge in [-0.3, -0.25) is 0 Å². The van der Waals surface area contributed by atoms with Gasteiger partial charge in [-0.2, -0.15) is 0 Å². The first-order chi connectivity index (χ1) is 5.75. The van der Waals surface area contributed by atoms with E-state index in [0.717, 1.165) is 5.92 Å². The maximum atomic E-state index is 5.39. The molecule has 0 unspecified atom stereocenters. The molecule has 1 heterocycles. The van der Waals surface area contributed by atoms with Crippen LogP contribution in [-0.2, 0) is 0 Å². The summed E-state index contributed by atoms with van der Waals surface area (Å²) in [6.45, 7) is 2.27. The van der Waals surface area contributed by atoms with Crippen LogP contribution in [0.15, 0.2) is 12.4 Å². The van der Waals surface area contributed by atoms with Gasteiger partial charge in [-0.25, -0.2) is 9.97 Å². The van der Waals surface area contributed by atoms with Crippen molar-refractivity contribution in [3.05, 3.63) is 18.0 Å². The summed E-state index contributed by atoms with van der Waals surface area (Å²) in [5, 5.41) is 0. The van der Waals surface area contributed by atoms with Crippen molar-refractivity contribution in [1.82, 2.24) is 9.97 Å². The number of nitrogens with two attached hydrogens (primary N) is 1. The Labute approximate surface area is 72.0 Å². The van der Waals surface area contributed by atoms with E-state index in [1.165, 1.54) is 18.4 Å². The normalized spacial score (nSPS) is 28.1. The Morgan fingerprint density at radius 3 is 2.42 bits per heavy atom. The fraction of sp³-hybridized carbons (Fsp3) is 0.556. The fourth-order valence-corrected chi connectivity index (χ4v) is 1.73. The Morgan fingerprint density at radius 1 is 1.33 bits per heavy atom. The second-order valence-electron chi connectivity index (χ2n) is 3.65. The Kier molecular flexibility index (Phi) is 1.71. The Bertz CT molecular complexity index is 262. The van der Waals surface area contributed by atoms with E-state index in [9.17, 15) is 0 Å². The summed E-state index contributed by atoms with van der Waals surface area (Å²) < 4.78 is 0. The molecule has 0 saturated heterocycles. The molecule has 3 heteroatoms. The standard InChI is InChI=1S/C9H13N3/c1-6-2-7(3-6)8-4-11-9(10)12-5-8/h4-7H,2-3H2,1H3,(H2,10,11,12). The first-order valence-electron chi connectivity index (χ1n) is 4.33. The number of aromatic nitrogens is 2. The van der Waals surface area contributed by atoms with E-state index >= 15 is 0 Å². The molecule has 2 N–H and O–H groups in total. The van der Waals surface area contributed by atoms with Crippen LogP contribution in [0.1, 0.15) is 31.2 Å². The van der Waals surface area contributed by atoms with Crippen molar-refractivity contribution >= 4 is 5.95 Å². The molecule has 1 aromatic heterocycles. The largest absolute Gasteiger partial charge is 0.368 e. The van der Waals surface area contributed by atoms with Crippen molar-refractivity contribution < 1.29 is 0 Å². The first kappa shape index (κ1) is 7.53. The highest BCUT2D eigenvalue weighted by Gasteiger charge is 2.26. The number of nitrogen functional groups attached to an aromatic ring is 1. The van der Waals surface area contributed by atoms with Crippen molar-refractivity contribution in [2.75, 3.05) is 5.73 Å². The highest BCUT2D eigenvalue weighted by Crippen LogP contribution is 2.40. The number of anilines is 1. The van der Waals surface area contributed by atoms with Gasteiger partial charge in [-0.15, -0.1) is 0 Å². The summed E-state index contributed by atoms with van der Waals surface area (Å²) in [6.07, 6.45) is 6.23. The smallest absolute Gasteiger partial charge is 0.219 e. The molecule has 0 bridgehead atoms. The van der Waals surface area contributed by atoms with Gasteiger partial charge >= 0.3 is 0 Å². The summed E-state index contributed by atoms with van der Waals surface area (Å²) in [5.41, 5.74) is 6.63. The molecule has 0 aliphatic heterocycles. The summed E-state index contributed by atoms with van der Waals surface area (Å²) in [5.74, 6) is 1.92. The number of hydrogen-bond donors (Lipinski definition) is 1. The van der Waals surface area contributed by atoms with Crippen LogP contribution in [0.25, 0.3) is 0 Å². The minimum absolute atomic E-state index is 0.367. The third-order valence-electron chi connectivity index (χ3n) is 2.54. The minimum atomic E-state index is 0.367. The predicted molar refractivity (Wildman–Crippen MR) is 47.6 cm³/mol. The van der Waals surface area contributed by atoms with Crippen molar-refractivity contribution in [3.8, 4) is 0 Å². The molecule has 0 radical (unpaired) electrons. The van der Waals surface area contributed by atoms with Crippen molar-refractivity contribution in [2.24, 2.45) is 5.92 Å². The molecular weight excluding hydrogens is 150 g/mol. The Morgan fingerprint density at radius 2 is 1.92 bits per heavy atom. The summed E-state index contributed by atoms with van der Waals surface area (Å²) >= 11 is 0. The van der Waals surface area contributed by atoms with Gasteiger partial charge in [-0.05, 0) is 30.2 Å². The van der Waals surface area contributed by atoms with Crippen LogP contribution in [0, 0.1) is 5.92 Å². The molecule has 0 atom stereocenters. The van der Waals surface area contributed by atoms with Gasteiger partial charge < -0.3 is 5.73 Å². The molecule has 1 aromatic rings. The first-order valence-corrected chi connectivity index (χ1v) is 4.33. The minimum Gasteiger partial charge on any atom is -0.368 e. The van der Waals surface area contributed by atoms with Crippen molar-refractivity contribution in [3.63, 3.8) is 0 Å².